The lowest BCUT2D eigenvalue weighted by Crippen LogP contribution is -2.25. The molecule has 0 aromatic heterocycles. The van der Waals surface area contributed by atoms with Crippen LogP contribution in [0.4, 0.5) is 5.69 Å². The predicted octanol–water partition coefficient (Wildman–Crippen LogP) is 3.57. The van der Waals surface area contributed by atoms with Gasteiger partial charge in [0.15, 0.2) is 16.6 Å². The molecule has 0 aliphatic carbocycles. The minimum Gasteiger partial charge on any atom is -0.497 e. The average Bonchev–Trinajstić information content (AvgIpc) is 2.91. The molecular weight excluding hydrogens is 350 g/mol. The molecule has 2 aromatic carbocycles. The van der Waals surface area contributed by atoms with E-state index in [0.29, 0.717) is 18.3 Å². The number of ether oxygens (including phenoxy) is 3. The fourth-order valence-corrected chi connectivity index (χ4v) is 2.61. The first kappa shape index (κ1) is 18.0. The Hall–Kier alpha value is -2.80. The van der Waals surface area contributed by atoms with Crippen molar-refractivity contribution < 1.29 is 14.2 Å². The molecule has 3 rings (SSSR count). The van der Waals surface area contributed by atoms with Gasteiger partial charge in [-0.25, -0.2) is 0 Å². The summed E-state index contributed by atoms with van der Waals surface area (Å²) in [5.74, 6) is 2.26. The number of hydrogen-bond acceptors (Lipinski definition) is 5. The summed E-state index contributed by atoms with van der Waals surface area (Å²) in [5.41, 5.74) is 5.40. The number of rotatable bonds is 4. The lowest BCUT2D eigenvalue weighted by molar-refractivity contribution is 0.297. The lowest BCUT2D eigenvalue weighted by atomic mass is 10.1. The Kier molecular flexibility index (Phi) is 5.91. The molecule has 1 heterocycles. The van der Waals surface area contributed by atoms with Crippen LogP contribution in [-0.4, -0.2) is 31.1 Å². The number of fused-ring (bicyclic) bond motifs is 1. The summed E-state index contributed by atoms with van der Waals surface area (Å²) >= 11 is 5.28. The van der Waals surface area contributed by atoms with Crippen LogP contribution >= 0.6 is 12.2 Å². The van der Waals surface area contributed by atoms with E-state index in [2.05, 4.69) is 15.8 Å². The summed E-state index contributed by atoms with van der Waals surface area (Å²) in [5, 5.41) is 7.81. The summed E-state index contributed by atoms with van der Waals surface area (Å²) in [7, 11) is 1.62. The highest BCUT2D eigenvalue weighted by Gasteiger charge is 2.11. The molecule has 0 bridgehead atoms. The van der Waals surface area contributed by atoms with E-state index in [-0.39, 0.29) is 0 Å². The van der Waals surface area contributed by atoms with Crippen molar-refractivity contribution in [3.8, 4) is 17.2 Å². The second-order valence-corrected chi connectivity index (χ2v) is 6.12. The number of hydrazone groups is 1. The minimum atomic E-state index is 0.395. The highest BCUT2D eigenvalue weighted by Crippen LogP contribution is 2.30. The van der Waals surface area contributed by atoms with Crippen LogP contribution in [0.3, 0.4) is 0 Å². The Morgan fingerprint density at radius 1 is 1.12 bits per heavy atom. The van der Waals surface area contributed by atoms with E-state index in [1.165, 1.54) is 0 Å². The molecule has 0 spiro atoms. The molecule has 0 saturated heterocycles. The maximum atomic E-state index is 5.72. The topological polar surface area (TPSA) is 64.1 Å². The Bertz CT molecular complexity index is 823. The molecule has 2 N–H and O–H groups in total. The highest BCUT2D eigenvalue weighted by atomic mass is 32.1. The number of anilines is 1. The molecule has 2 aromatic rings. The van der Waals surface area contributed by atoms with Crippen LogP contribution in [0.25, 0.3) is 0 Å². The Morgan fingerprint density at radius 3 is 2.73 bits per heavy atom. The lowest BCUT2D eigenvalue weighted by Gasteiger charge is -2.11. The van der Waals surface area contributed by atoms with Gasteiger partial charge in [0.2, 0.25) is 0 Å². The SMILES string of the molecule is COc1cccc(NC(=S)N/N=C(/C)c2ccc3c(c2)OCCCO3)c1. The van der Waals surface area contributed by atoms with E-state index in [1.807, 2.05) is 49.4 Å². The number of thiocarbonyl (C=S) groups is 1. The molecule has 136 valence electrons. The molecule has 0 fully saturated rings. The van der Waals surface area contributed by atoms with Crippen molar-refractivity contribution in [1.29, 1.82) is 0 Å². The number of benzene rings is 2. The Balaban J connectivity index is 1.64. The minimum absolute atomic E-state index is 0.395. The molecule has 0 amide bonds. The van der Waals surface area contributed by atoms with Crippen LogP contribution in [0.2, 0.25) is 0 Å². The van der Waals surface area contributed by atoms with Gasteiger partial charge in [0.25, 0.3) is 0 Å². The van der Waals surface area contributed by atoms with Gasteiger partial charge in [-0.2, -0.15) is 5.10 Å². The number of methoxy groups -OCH3 is 1. The second-order valence-electron chi connectivity index (χ2n) is 5.71. The van der Waals surface area contributed by atoms with Gasteiger partial charge in [-0.15, -0.1) is 0 Å². The van der Waals surface area contributed by atoms with Gasteiger partial charge in [0.05, 0.1) is 26.0 Å². The maximum absolute atomic E-state index is 5.72. The molecule has 0 unspecified atom stereocenters. The van der Waals surface area contributed by atoms with Gasteiger partial charge in [-0.1, -0.05) is 6.07 Å². The van der Waals surface area contributed by atoms with Crippen LogP contribution < -0.4 is 25.0 Å². The molecule has 0 saturated carbocycles. The molecule has 6 nitrogen and oxygen atoms in total. The summed E-state index contributed by atoms with van der Waals surface area (Å²) in [4.78, 5) is 0. The second kappa shape index (κ2) is 8.53. The predicted molar refractivity (Wildman–Crippen MR) is 107 cm³/mol. The largest absolute Gasteiger partial charge is 0.497 e. The van der Waals surface area contributed by atoms with Crippen LogP contribution in [0.1, 0.15) is 18.9 Å². The fraction of sp³-hybridized carbons (Fsp3) is 0.263. The summed E-state index contributed by atoms with van der Waals surface area (Å²) in [6, 6.07) is 13.3. The monoisotopic (exact) mass is 371 g/mol. The number of hydrogen-bond donors (Lipinski definition) is 2. The first-order valence-corrected chi connectivity index (χ1v) is 8.72. The maximum Gasteiger partial charge on any atom is 0.191 e. The third-order valence-corrected chi connectivity index (χ3v) is 4.01. The zero-order valence-corrected chi connectivity index (χ0v) is 15.6. The van der Waals surface area contributed by atoms with E-state index in [0.717, 1.165) is 40.6 Å². The van der Waals surface area contributed by atoms with Crippen LogP contribution in [0.5, 0.6) is 17.2 Å². The summed E-state index contributed by atoms with van der Waals surface area (Å²) < 4.78 is 16.6. The molecular formula is C19H21N3O3S. The van der Waals surface area contributed by atoms with Crippen molar-refractivity contribution in [3.05, 3.63) is 48.0 Å². The van der Waals surface area contributed by atoms with E-state index in [9.17, 15) is 0 Å². The Labute approximate surface area is 158 Å². The molecule has 0 atom stereocenters. The number of nitrogens with zero attached hydrogens (tertiary/aromatic N) is 1. The summed E-state index contributed by atoms with van der Waals surface area (Å²) in [6.45, 7) is 3.23. The van der Waals surface area contributed by atoms with Gasteiger partial charge < -0.3 is 19.5 Å². The molecule has 0 radical (unpaired) electrons. The van der Waals surface area contributed by atoms with Crippen molar-refractivity contribution in [3.63, 3.8) is 0 Å². The fourth-order valence-electron chi connectivity index (χ4n) is 2.45. The van der Waals surface area contributed by atoms with Crippen LogP contribution in [0, 0.1) is 0 Å². The zero-order chi connectivity index (χ0) is 18.4. The van der Waals surface area contributed by atoms with Crippen molar-refractivity contribution in [2.45, 2.75) is 13.3 Å². The van der Waals surface area contributed by atoms with Gasteiger partial charge in [0, 0.05) is 23.7 Å². The van der Waals surface area contributed by atoms with Gasteiger partial charge in [0.1, 0.15) is 5.75 Å². The van der Waals surface area contributed by atoms with Crippen molar-refractivity contribution >= 4 is 28.7 Å². The average molecular weight is 371 g/mol. The smallest absolute Gasteiger partial charge is 0.191 e. The highest BCUT2D eigenvalue weighted by molar-refractivity contribution is 7.80. The third-order valence-electron chi connectivity index (χ3n) is 3.82. The van der Waals surface area contributed by atoms with Crippen molar-refractivity contribution in [2.75, 3.05) is 25.6 Å². The quantitative estimate of drug-likeness (QED) is 0.487. The van der Waals surface area contributed by atoms with E-state index >= 15 is 0 Å². The van der Waals surface area contributed by atoms with Crippen LogP contribution in [-0.2, 0) is 0 Å². The van der Waals surface area contributed by atoms with E-state index in [1.54, 1.807) is 7.11 Å². The third kappa shape index (κ3) is 4.64. The normalized spacial score (nSPS) is 13.5. The number of nitrogens with one attached hydrogen (secondary N) is 2. The molecule has 1 aliphatic heterocycles. The van der Waals surface area contributed by atoms with Gasteiger partial charge in [-0.3, -0.25) is 5.43 Å². The molecule has 1 aliphatic rings. The molecule has 7 heteroatoms. The first-order valence-electron chi connectivity index (χ1n) is 8.31. The van der Waals surface area contributed by atoms with Crippen molar-refractivity contribution in [2.24, 2.45) is 5.10 Å². The summed E-state index contributed by atoms with van der Waals surface area (Å²) in [6.07, 6.45) is 0.878. The van der Waals surface area contributed by atoms with E-state index < -0.39 is 0 Å². The van der Waals surface area contributed by atoms with Crippen LogP contribution in [0.15, 0.2) is 47.6 Å². The van der Waals surface area contributed by atoms with Gasteiger partial charge >= 0.3 is 0 Å². The van der Waals surface area contributed by atoms with Gasteiger partial charge in [-0.05, 0) is 49.5 Å². The zero-order valence-electron chi connectivity index (χ0n) is 14.7. The standard InChI is InChI=1S/C19H21N3O3S/c1-13(14-7-8-17-18(11-14)25-10-4-9-24-17)21-22-19(26)20-15-5-3-6-16(12-15)23-2/h3,5-8,11-12H,4,9-10H2,1-2H3,(H2,20,22,26)/b21-13-. The first-order chi connectivity index (χ1) is 12.7. The van der Waals surface area contributed by atoms with Crippen molar-refractivity contribution in [1.82, 2.24) is 5.43 Å². The Morgan fingerprint density at radius 2 is 1.92 bits per heavy atom. The molecule has 26 heavy (non-hydrogen) atoms. The van der Waals surface area contributed by atoms with E-state index in [4.69, 9.17) is 26.4 Å².